The standard InChI is InChI=1S/C19H27N3O3/c1-15(23)22-12-11-20(14-19(24)21-9-5-6-10-21)13-17(22)16-7-3-4-8-18(16)25-2/h3-4,7-8,17H,5-6,9-14H2,1-2H3/t17-/m1/s1. The topological polar surface area (TPSA) is 53.1 Å². The van der Waals surface area contributed by atoms with E-state index in [2.05, 4.69) is 4.90 Å². The van der Waals surface area contributed by atoms with Gasteiger partial charge in [-0.05, 0) is 18.9 Å². The third-order valence-corrected chi connectivity index (χ3v) is 5.18. The molecule has 0 aliphatic carbocycles. The number of rotatable bonds is 4. The lowest BCUT2D eigenvalue weighted by atomic mass is 10.0. The van der Waals surface area contributed by atoms with E-state index in [0.29, 0.717) is 19.6 Å². The molecule has 3 rings (SSSR count). The van der Waals surface area contributed by atoms with Crippen LogP contribution in [0.25, 0.3) is 0 Å². The van der Waals surface area contributed by atoms with Crippen molar-refractivity contribution in [2.75, 3.05) is 46.4 Å². The van der Waals surface area contributed by atoms with E-state index in [-0.39, 0.29) is 17.9 Å². The monoisotopic (exact) mass is 345 g/mol. The summed E-state index contributed by atoms with van der Waals surface area (Å²) in [6.45, 7) is 5.80. The van der Waals surface area contributed by atoms with Crippen molar-refractivity contribution in [2.24, 2.45) is 0 Å². The number of carbonyl (C=O) groups excluding carboxylic acids is 2. The van der Waals surface area contributed by atoms with Crippen LogP contribution in [0.4, 0.5) is 0 Å². The van der Waals surface area contributed by atoms with Crippen LogP contribution in [-0.4, -0.2) is 72.9 Å². The molecule has 2 fully saturated rings. The zero-order valence-corrected chi connectivity index (χ0v) is 15.1. The molecule has 0 bridgehead atoms. The molecule has 6 nitrogen and oxygen atoms in total. The van der Waals surface area contributed by atoms with Gasteiger partial charge in [0.25, 0.3) is 0 Å². The first kappa shape index (κ1) is 17.7. The van der Waals surface area contributed by atoms with Crippen molar-refractivity contribution in [3.05, 3.63) is 29.8 Å². The van der Waals surface area contributed by atoms with Gasteiger partial charge in [-0.2, -0.15) is 0 Å². The molecule has 2 amide bonds. The summed E-state index contributed by atoms with van der Waals surface area (Å²) in [5.74, 6) is 1.04. The molecule has 2 aliphatic heterocycles. The minimum atomic E-state index is -0.0891. The maximum atomic E-state index is 12.5. The lowest BCUT2D eigenvalue weighted by Gasteiger charge is -2.41. The van der Waals surface area contributed by atoms with Crippen LogP contribution in [0.15, 0.2) is 24.3 Å². The molecule has 0 aromatic heterocycles. The van der Waals surface area contributed by atoms with Gasteiger partial charge in [0.15, 0.2) is 0 Å². The summed E-state index contributed by atoms with van der Waals surface area (Å²) in [6, 6.07) is 7.73. The number of amides is 2. The number of methoxy groups -OCH3 is 1. The van der Waals surface area contributed by atoms with E-state index in [4.69, 9.17) is 4.74 Å². The molecule has 2 saturated heterocycles. The summed E-state index contributed by atoms with van der Waals surface area (Å²) in [7, 11) is 1.65. The SMILES string of the molecule is COc1ccccc1[C@H]1CN(CC(=O)N2CCCC2)CCN1C(C)=O. The Bertz CT molecular complexity index is 628. The molecule has 6 heteroatoms. The summed E-state index contributed by atoms with van der Waals surface area (Å²) in [5, 5.41) is 0. The number of nitrogens with zero attached hydrogens (tertiary/aromatic N) is 3. The van der Waals surface area contributed by atoms with E-state index in [1.165, 1.54) is 0 Å². The Morgan fingerprint density at radius 2 is 1.84 bits per heavy atom. The molecular formula is C19H27N3O3. The first-order valence-corrected chi connectivity index (χ1v) is 9.00. The molecule has 0 saturated carbocycles. The highest BCUT2D eigenvalue weighted by Gasteiger charge is 2.33. The molecule has 0 spiro atoms. The molecule has 25 heavy (non-hydrogen) atoms. The number of para-hydroxylation sites is 1. The van der Waals surface area contributed by atoms with Crippen molar-refractivity contribution < 1.29 is 14.3 Å². The van der Waals surface area contributed by atoms with Crippen molar-refractivity contribution in [3.63, 3.8) is 0 Å². The average Bonchev–Trinajstić information content (AvgIpc) is 3.16. The first-order valence-electron chi connectivity index (χ1n) is 9.00. The largest absolute Gasteiger partial charge is 0.496 e. The zero-order valence-electron chi connectivity index (χ0n) is 15.1. The molecule has 1 aromatic rings. The molecule has 0 radical (unpaired) electrons. The molecule has 1 aromatic carbocycles. The summed E-state index contributed by atoms with van der Waals surface area (Å²) in [6.07, 6.45) is 2.21. The molecule has 0 N–H and O–H groups in total. The Morgan fingerprint density at radius 3 is 2.52 bits per heavy atom. The highest BCUT2D eigenvalue weighted by molar-refractivity contribution is 5.78. The van der Waals surface area contributed by atoms with Crippen molar-refractivity contribution >= 4 is 11.8 Å². The van der Waals surface area contributed by atoms with Crippen LogP contribution in [0.5, 0.6) is 5.75 Å². The van der Waals surface area contributed by atoms with Crippen molar-refractivity contribution in [3.8, 4) is 5.75 Å². The molecule has 1 atom stereocenters. The van der Waals surface area contributed by atoms with Crippen molar-refractivity contribution in [1.82, 2.24) is 14.7 Å². The smallest absolute Gasteiger partial charge is 0.236 e. The fourth-order valence-electron chi connectivity index (χ4n) is 3.83. The number of likely N-dealkylation sites (tertiary alicyclic amines) is 1. The second-order valence-electron chi connectivity index (χ2n) is 6.79. The second kappa shape index (κ2) is 7.87. The first-order chi connectivity index (χ1) is 12.1. The number of hydrogen-bond acceptors (Lipinski definition) is 4. The van der Waals surface area contributed by atoms with Crippen LogP contribution >= 0.6 is 0 Å². The third-order valence-electron chi connectivity index (χ3n) is 5.18. The average molecular weight is 345 g/mol. The Morgan fingerprint density at radius 1 is 1.12 bits per heavy atom. The maximum absolute atomic E-state index is 12.5. The van der Waals surface area contributed by atoms with E-state index < -0.39 is 0 Å². The van der Waals surface area contributed by atoms with Crippen molar-refractivity contribution in [1.29, 1.82) is 0 Å². The highest BCUT2D eigenvalue weighted by atomic mass is 16.5. The van der Waals surface area contributed by atoms with Crippen LogP contribution < -0.4 is 4.74 Å². The van der Waals surface area contributed by atoms with E-state index in [1.807, 2.05) is 34.1 Å². The fraction of sp³-hybridized carbons (Fsp3) is 0.579. The summed E-state index contributed by atoms with van der Waals surface area (Å²) < 4.78 is 5.49. The van der Waals surface area contributed by atoms with Gasteiger partial charge in [-0.15, -0.1) is 0 Å². The Balaban J connectivity index is 1.75. The zero-order chi connectivity index (χ0) is 17.8. The number of ether oxygens (including phenoxy) is 1. The maximum Gasteiger partial charge on any atom is 0.236 e. The van der Waals surface area contributed by atoms with Gasteiger partial charge < -0.3 is 14.5 Å². The van der Waals surface area contributed by atoms with Crippen LogP contribution in [0.2, 0.25) is 0 Å². The summed E-state index contributed by atoms with van der Waals surface area (Å²) in [4.78, 5) is 30.6. The van der Waals surface area contributed by atoms with Gasteiger partial charge in [0, 0.05) is 45.2 Å². The molecular weight excluding hydrogens is 318 g/mol. The van der Waals surface area contributed by atoms with E-state index in [0.717, 1.165) is 43.8 Å². The van der Waals surface area contributed by atoms with E-state index >= 15 is 0 Å². The van der Waals surface area contributed by atoms with Gasteiger partial charge in [-0.25, -0.2) is 0 Å². The van der Waals surface area contributed by atoms with Crippen LogP contribution in [0.3, 0.4) is 0 Å². The van der Waals surface area contributed by atoms with Gasteiger partial charge in [0.05, 0.1) is 19.7 Å². The number of piperazine rings is 1. The van der Waals surface area contributed by atoms with E-state index in [9.17, 15) is 9.59 Å². The van der Waals surface area contributed by atoms with Crippen LogP contribution in [0.1, 0.15) is 31.4 Å². The van der Waals surface area contributed by atoms with Gasteiger partial charge in [-0.3, -0.25) is 14.5 Å². The van der Waals surface area contributed by atoms with Crippen molar-refractivity contribution in [2.45, 2.75) is 25.8 Å². The summed E-state index contributed by atoms with van der Waals surface area (Å²) in [5.41, 5.74) is 0.999. The van der Waals surface area contributed by atoms with Crippen LogP contribution in [-0.2, 0) is 9.59 Å². The minimum absolute atomic E-state index is 0.0569. The van der Waals surface area contributed by atoms with E-state index in [1.54, 1.807) is 14.0 Å². The molecule has 0 unspecified atom stereocenters. The lowest BCUT2D eigenvalue weighted by Crippen LogP contribution is -2.52. The summed E-state index contributed by atoms with van der Waals surface area (Å²) >= 11 is 0. The Hall–Kier alpha value is -2.08. The normalized spacial score (nSPS) is 21.4. The third kappa shape index (κ3) is 3.95. The Labute approximate surface area is 149 Å². The minimum Gasteiger partial charge on any atom is -0.496 e. The highest BCUT2D eigenvalue weighted by Crippen LogP contribution is 2.32. The predicted molar refractivity (Wildman–Crippen MR) is 95.4 cm³/mol. The number of benzene rings is 1. The molecule has 136 valence electrons. The second-order valence-corrected chi connectivity index (χ2v) is 6.79. The van der Waals surface area contributed by atoms with Gasteiger partial charge in [0.1, 0.15) is 5.75 Å². The molecule has 2 heterocycles. The fourth-order valence-corrected chi connectivity index (χ4v) is 3.83. The number of carbonyl (C=O) groups is 2. The van der Waals surface area contributed by atoms with Gasteiger partial charge in [0.2, 0.25) is 11.8 Å². The van der Waals surface area contributed by atoms with Gasteiger partial charge >= 0.3 is 0 Å². The van der Waals surface area contributed by atoms with Crippen LogP contribution in [0, 0.1) is 0 Å². The van der Waals surface area contributed by atoms with Gasteiger partial charge in [-0.1, -0.05) is 18.2 Å². The predicted octanol–water partition coefficient (Wildman–Crippen LogP) is 1.52. The lowest BCUT2D eigenvalue weighted by molar-refractivity contribution is -0.136. The number of hydrogen-bond donors (Lipinski definition) is 0. The molecule has 2 aliphatic rings. The quantitative estimate of drug-likeness (QED) is 0.830. The Kier molecular flexibility index (Phi) is 5.58.